The third-order valence-electron chi connectivity index (χ3n) is 3.03. The van der Waals surface area contributed by atoms with Gasteiger partial charge >= 0.3 is 0 Å². The number of benzene rings is 2. The van der Waals surface area contributed by atoms with Gasteiger partial charge in [0.2, 0.25) is 0 Å². The first kappa shape index (κ1) is 13.8. The van der Waals surface area contributed by atoms with Crippen LogP contribution in [-0.2, 0) is 0 Å². The molecule has 19 heavy (non-hydrogen) atoms. The van der Waals surface area contributed by atoms with Crippen molar-refractivity contribution in [1.29, 1.82) is 0 Å². The van der Waals surface area contributed by atoms with Crippen LogP contribution >= 0.6 is 11.6 Å². The third kappa shape index (κ3) is 2.72. The van der Waals surface area contributed by atoms with Gasteiger partial charge in [0, 0.05) is 5.02 Å². The fourth-order valence-electron chi connectivity index (χ4n) is 2.14. The summed E-state index contributed by atoms with van der Waals surface area (Å²) in [5.74, 6) is 0.179. The predicted octanol–water partition coefficient (Wildman–Crippen LogP) is 3.80. The Morgan fingerprint density at radius 1 is 1.16 bits per heavy atom. The average Bonchev–Trinajstić information content (AvgIpc) is 2.43. The molecule has 2 aromatic rings. The molecule has 2 rings (SSSR count). The minimum atomic E-state index is -0.357. The van der Waals surface area contributed by atoms with Gasteiger partial charge in [-0.2, -0.15) is 0 Å². The van der Waals surface area contributed by atoms with Crippen molar-refractivity contribution in [2.75, 3.05) is 14.2 Å². The van der Waals surface area contributed by atoms with Gasteiger partial charge in [0.1, 0.15) is 11.6 Å². The van der Waals surface area contributed by atoms with Crippen molar-refractivity contribution >= 4 is 11.6 Å². The zero-order valence-corrected chi connectivity index (χ0v) is 11.5. The maximum absolute atomic E-state index is 14.1. The smallest absolute Gasteiger partial charge is 0.132 e. The van der Waals surface area contributed by atoms with Crippen LogP contribution in [0.4, 0.5) is 4.39 Å². The number of methoxy groups -OCH3 is 1. The van der Waals surface area contributed by atoms with E-state index in [0.29, 0.717) is 16.3 Å². The van der Waals surface area contributed by atoms with Gasteiger partial charge < -0.3 is 10.1 Å². The molecule has 1 atom stereocenters. The molecule has 0 fully saturated rings. The number of ether oxygens (including phenoxy) is 1. The molecule has 2 nitrogen and oxygen atoms in total. The zero-order chi connectivity index (χ0) is 13.8. The molecule has 0 aliphatic carbocycles. The van der Waals surface area contributed by atoms with E-state index in [4.69, 9.17) is 16.3 Å². The van der Waals surface area contributed by atoms with Gasteiger partial charge in [-0.25, -0.2) is 4.39 Å². The summed E-state index contributed by atoms with van der Waals surface area (Å²) in [5.41, 5.74) is 1.27. The van der Waals surface area contributed by atoms with Crippen LogP contribution in [0, 0.1) is 5.82 Å². The lowest BCUT2D eigenvalue weighted by atomic mass is 9.97. The minimum Gasteiger partial charge on any atom is -0.496 e. The van der Waals surface area contributed by atoms with Crippen LogP contribution in [0.25, 0.3) is 0 Å². The highest BCUT2D eigenvalue weighted by Crippen LogP contribution is 2.34. The molecule has 2 aromatic carbocycles. The van der Waals surface area contributed by atoms with E-state index in [-0.39, 0.29) is 11.9 Å². The highest BCUT2D eigenvalue weighted by atomic mass is 35.5. The number of halogens is 2. The summed E-state index contributed by atoms with van der Waals surface area (Å²) in [7, 11) is 3.29. The first-order valence-corrected chi connectivity index (χ1v) is 6.31. The van der Waals surface area contributed by atoms with Gasteiger partial charge in [-0.1, -0.05) is 35.9 Å². The molecule has 0 aliphatic rings. The second kappa shape index (κ2) is 6.04. The Bertz CT molecular complexity index is 574. The molecular weight excluding hydrogens is 265 g/mol. The maximum Gasteiger partial charge on any atom is 0.132 e. The summed E-state index contributed by atoms with van der Waals surface area (Å²) >= 11 is 6.19. The Morgan fingerprint density at radius 3 is 2.53 bits per heavy atom. The Hall–Kier alpha value is -1.58. The van der Waals surface area contributed by atoms with Crippen LogP contribution in [0.1, 0.15) is 17.2 Å². The second-order valence-electron chi connectivity index (χ2n) is 4.10. The van der Waals surface area contributed by atoms with E-state index in [1.807, 2.05) is 18.2 Å². The molecule has 0 saturated heterocycles. The van der Waals surface area contributed by atoms with Crippen LogP contribution in [0.3, 0.4) is 0 Å². The molecule has 0 spiro atoms. The Labute approximate surface area is 117 Å². The van der Waals surface area contributed by atoms with Gasteiger partial charge in [0.15, 0.2) is 0 Å². The lowest BCUT2D eigenvalue weighted by Gasteiger charge is -2.21. The molecule has 0 heterocycles. The summed E-state index contributed by atoms with van der Waals surface area (Å²) in [4.78, 5) is 0. The summed E-state index contributed by atoms with van der Waals surface area (Å²) in [6.07, 6.45) is 0. The minimum absolute atomic E-state index is 0.321. The van der Waals surface area contributed by atoms with Gasteiger partial charge in [-0.05, 0) is 30.8 Å². The SMILES string of the molecule is CNC(c1ccccc1Cl)c1c(F)cccc1OC. The standard InChI is InChI=1S/C15H15ClFNO/c1-18-15(10-6-3-4-7-11(10)16)14-12(17)8-5-9-13(14)19-2/h3-9,15,18H,1-2H3. The van der Waals surface area contributed by atoms with Crippen molar-refractivity contribution in [2.24, 2.45) is 0 Å². The summed E-state index contributed by atoms with van der Waals surface area (Å²) in [6, 6.07) is 11.8. The van der Waals surface area contributed by atoms with E-state index in [9.17, 15) is 4.39 Å². The van der Waals surface area contributed by atoms with Crippen molar-refractivity contribution in [3.8, 4) is 5.75 Å². The van der Waals surface area contributed by atoms with Crippen LogP contribution in [0.2, 0.25) is 5.02 Å². The summed E-state index contributed by atoms with van der Waals surface area (Å²) < 4.78 is 19.4. The highest BCUT2D eigenvalue weighted by molar-refractivity contribution is 6.31. The van der Waals surface area contributed by atoms with Crippen LogP contribution < -0.4 is 10.1 Å². The van der Waals surface area contributed by atoms with E-state index in [1.165, 1.54) is 13.2 Å². The number of hydrogen-bond donors (Lipinski definition) is 1. The van der Waals surface area contributed by atoms with E-state index in [1.54, 1.807) is 25.2 Å². The van der Waals surface area contributed by atoms with Crippen molar-refractivity contribution in [3.05, 3.63) is 64.4 Å². The van der Waals surface area contributed by atoms with Gasteiger partial charge in [0.25, 0.3) is 0 Å². The molecule has 100 valence electrons. The number of hydrogen-bond acceptors (Lipinski definition) is 2. The molecule has 0 radical (unpaired) electrons. The fourth-order valence-corrected chi connectivity index (χ4v) is 2.38. The molecule has 1 N–H and O–H groups in total. The topological polar surface area (TPSA) is 21.3 Å². The molecule has 1 unspecified atom stereocenters. The second-order valence-corrected chi connectivity index (χ2v) is 4.51. The monoisotopic (exact) mass is 279 g/mol. The number of rotatable bonds is 4. The van der Waals surface area contributed by atoms with E-state index in [0.717, 1.165) is 5.56 Å². The van der Waals surface area contributed by atoms with Crippen molar-refractivity contribution in [3.63, 3.8) is 0 Å². The van der Waals surface area contributed by atoms with Gasteiger partial charge in [0.05, 0.1) is 18.7 Å². The lowest BCUT2D eigenvalue weighted by molar-refractivity contribution is 0.398. The molecule has 0 amide bonds. The molecule has 0 aliphatic heterocycles. The number of nitrogens with one attached hydrogen (secondary N) is 1. The summed E-state index contributed by atoms with van der Waals surface area (Å²) in [5, 5.41) is 3.68. The van der Waals surface area contributed by atoms with Crippen LogP contribution in [0.5, 0.6) is 5.75 Å². The largest absolute Gasteiger partial charge is 0.496 e. The Morgan fingerprint density at radius 2 is 1.89 bits per heavy atom. The van der Waals surface area contributed by atoms with E-state index >= 15 is 0 Å². The normalized spacial score (nSPS) is 12.2. The zero-order valence-electron chi connectivity index (χ0n) is 10.8. The van der Waals surface area contributed by atoms with Gasteiger partial charge in [-0.15, -0.1) is 0 Å². The van der Waals surface area contributed by atoms with E-state index in [2.05, 4.69) is 5.32 Å². The molecular formula is C15H15ClFNO. The van der Waals surface area contributed by atoms with Gasteiger partial charge in [-0.3, -0.25) is 0 Å². The maximum atomic E-state index is 14.1. The fraction of sp³-hybridized carbons (Fsp3) is 0.200. The molecule has 0 saturated carbocycles. The predicted molar refractivity (Wildman–Crippen MR) is 75.3 cm³/mol. The first-order valence-electron chi connectivity index (χ1n) is 5.93. The Kier molecular flexibility index (Phi) is 4.40. The third-order valence-corrected chi connectivity index (χ3v) is 3.37. The van der Waals surface area contributed by atoms with Crippen LogP contribution in [-0.4, -0.2) is 14.2 Å². The molecule has 0 aromatic heterocycles. The summed E-state index contributed by atoms with van der Waals surface area (Å²) in [6.45, 7) is 0. The quantitative estimate of drug-likeness (QED) is 0.919. The highest BCUT2D eigenvalue weighted by Gasteiger charge is 2.22. The van der Waals surface area contributed by atoms with Crippen molar-refractivity contribution in [2.45, 2.75) is 6.04 Å². The van der Waals surface area contributed by atoms with Crippen molar-refractivity contribution in [1.82, 2.24) is 5.32 Å². The average molecular weight is 280 g/mol. The van der Waals surface area contributed by atoms with Crippen molar-refractivity contribution < 1.29 is 9.13 Å². The molecule has 4 heteroatoms. The Balaban J connectivity index is 2.58. The first-order chi connectivity index (χ1) is 9.19. The van der Waals surface area contributed by atoms with E-state index < -0.39 is 0 Å². The van der Waals surface area contributed by atoms with Crippen LogP contribution in [0.15, 0.2) is 42.5 Å². The lowest BCUT2D eigenvalue weighted by Crippen LogP contribution is -2.20. The molecule has 0 bridgehead atoms.